The van der Waals surface area contributed by atoms with E-state index in [0.717, 1.165) is 33.5 Å². The van der Waals surface area contributed by atoms with Crippen LogP contribution in [0, 0.1) is 0 Å². The summed E-state index contributed by atoms with van der Waals surface area (Å²) < 4.78 is 1.79. The number of para-hydroxylation sites is 1. The van der Waals surface area contributed by atoms with Crippen LogP contribution in [-0.2, 0) is 0 Å². The van der Waals surface area contributed by atoms with Gasteiger partial charge in [-0.15, -0.1) is 0 Å². The Balaban J connectivity index is 1.97. The molecule has 1 aromatic carbocycles. The number of anilines is 1. The number of aromatic nitrogens is 4. The second-order valence-electron chi connectivity index (χ2n) is 5.54. The van der Waals surface area contributed by atoms with Gasteiger partial charge in [-0.25, -0.2) is 4.98 Å². The van der Waals surface area contributed by atoms with Crippen molar-refractivity contribution in [2.75, 3.05) is 19.0 Å². The van der Waals surface area contributed by atoms with E-state index in [9.17, 15) is 0 Å². The van der Waals surface area contributed by atoms with Gasteiger partial charge in [0.05, 0.1) is 11.7 Å². The van der Waals surface area contributed by atoms with Crippen molar-refractivity contribution < 1.29 is 0 Å². The van der Waals surface area contributed by atoms with Crippen LogP contribution in [0.25, 0.3) is 27.7 Å². The lowest BCUT2D eigenvalue weighted by molar-refractivity contribution is 0.896. The zero-order valence-electron chi connectivity index (χ0n) is 12.7. The fraction of sp³-hybridized carbons (Fsp3) is 0.118. The Labute approximate surface area is 138 Å². The third kappa shape index (κ3) is 2.29. The van der Waals surface area contributed by atoms with Crippen molar-refractivity contribution in [3.63, 3.8) is 0 Å². The molecule has 23 heavy (non-hydrogen) atoms. The molecule has 0 atom stereocenters. The van der Waals surface area contributed by atoms with Crippen LogP contribution in [0.4, 0.5) is 5.82 Å². The highest BCUT2D eigenvalue weighted by atomic mass is 35.5. The Morgan fingerprint density at radius 2 is 1.91 bits per heavy atom. The molecule has 0 aliphatic rings. The number of benzene rings is 1. The van der Waals surface area contributed by atoms with Gasteiger partial charge in [-0.05, 0) is 12.1 Å². The van der Waals surface area contributed by atoms with Gasteiger partial charge in [-0.3, -0.25) is 4.98 Å². The van der Waals surface area contributed by atoms with Gasteiger partial charge < -0.3 is 4.90 Å². The van der Waals surface area contributed by atoms with Crippen LogP contribution in [0.3, 0.4) is 0 Å². The van der Waals surface area contributed by atoms with Crippen LogP contribution in [0.1, 0.15) is 0 Å². The molecular formula is C17H14ClN5. The lowest BCUT2D eigenvalue weighted by atomic mass is 10.1. The minimum Gasteiger partial charge on any atom is -0.363 e. The molecule has 0 spiro atoms. The molecule has 4 rings (SSSR count). The third-order valence-electron chi connectivity index (χ3n) is 3.78. The maximum Gasteiger partial charge on any atom is 0.166 e. The quantitative estimate of drug-likeness (QED) is 0.528. The summed E-state index contributed by atoms with van der Waals surface area (Å²) in [6.07, 6.45) is 3.65. The fourth-order valence-electron chi connectivity index (χ4n) is 2.66. The normalized spacial score (nSPS) is 11.3. The summed E-state index contributed by atoms with van der Waals surface area (Å²) in [5.41, 5.74) is 3.57. The first-order chi connectivity index (χ1) is 11.1. The van der Waals surface area contributed by atoms with Crippen molar-refractivity contribution in [3.05, 3.63) is 53.9 Å². The van der Waals surface area contributed by atoms with E-state index in [1.807, 2.05) is 49.5 Å². The van der Waals surface area contributed by atoms with Crippen LogP contribution >= 0.6 is 11.6 Å². The predicted octanol–water partition coefficient (Wildman–Crippen LogP) is 3.66. The number of fused-ring (bicyclic) bond motifs is 2. The van der Waals surface area contributed by atoms with E-state index < -0.39 is 0 Å². The SMILES string of the molecule is CN(C)c1cc(Cl)nc2c(-c3cnc4ccccc4c3)cnn12. The number of rotatable bonds is 2. The highest BCUT2D eigenvalue weighted by Crippen LogP contribution is 2.29. The Morgan fingerprint density at radius 3 is 2.74 bits per heavy atom. The average molecular weight is 324 g/mol. The molecule has 0 unspecified atom stereocenters. The minimum atomic E-state index is 0.441. The lowest BCUT2D eigenvalue weighted by Crippen LogP contribution is -2.14. The largest absolute Gasteiger partial charge is 0.363 e. The highest BCUT2D eigenvalue weighted by molar-refractivity contribution is 6.29. The van der Waals surface area contributed by atoms with Crippen LogP contribution in [0.5, 0.6) is 0 Å². The third-order valence-corrected chi connectivity index (χ3v) is 3.98. The van der Waals surface area contributed by atoms with Crippen molar-refractivity contribution >= 4 is 34.0 Å². The predicted molar refractivity (Wildman–Crippen MR) is 93.1 cm³/mol. The first-order valence-corrected chi connectivity index (χ1v) is 7.58. The molecule has 0 aliphatic heterocycles. The summed E-state index contributed by atoms with van der Waals surface area (Å²) in [6.45, 7) is 0. The van der Waals surface area contributed by atoms with E-state index in [4.69, 9.17) is 11.6 Å². The Hall–Kier alpha value is -2.66. The van der Waals surface area contributed by atoms with E-state index in [0.29, 0.717) is 5.15 Å². The molecule has 114 valence electrons. The molecule has 0 saturated heterocycles. The fourth-order valence-corrected chi connectivity index (χ4v) is 2.84. The molecule has 4 aromatic rings. The van der Waals surface area contributed by atoms with Crippen LogP contribution in [-0.4, -0.2) is 33.7 Å². The summed E-state index contributed by atoms with van der Waals surface area (Å²) in [7, 11) is 3.90. The standard InChI is InChI=1S/C17H14ClN5/c1-22(2)16-8-15(18)21-17-13(10-20-23(16)17)12-7-11-5-3-4-6-14(11)19-9-12/h3-10H,1-2H3. The van der Waals surface area contributed by atoms with E-state index in [1.165, 1.54) is 0 Å². The summed E-state index contributed by atoms with van der Waals surface area (Å²) >= 11 is 6.18. The van der Waals surface area contributed by atoms with Crippen molar-refractivity contribution in [1.29, 1.82) is 0 Å². The van der Waals surface area contributed by atoms with Gasteiger partial charge in [-0.1, -0.05) is 29.8 Å². The Morgan fingerprint density at radius 1 is 1.09 bits per heavy atom. The molecule has 3 heterocycles. The van der Waals surface area contributed by atoms with E-state index >= 15 is 0 Å². The van der Waals surface area contributed by atoms with Gasteiger partial charge in [0.25, 0.3) is 0 Å². The molecule has 0 N–H and O–H groups in total. The molecule has 0 radical (unpaired) electrons. The monoisotopic (exact) mass is 323 g/mol. The van der Waals surface area contributed by atoms with Gasteiger partial charge in [0.2, 0.25) is 0 Å². The van der Waals surface area contributed by atoms with Crippen LogP contribution in [0.15, 0.2) is 48.8 Å². The molecule has 5 nitrogen and oxygen atoms in total. The number of halogens is 1. The Kier molecular flexibility index (Phi) is 3.16. The summed E-state index contributed by atoms with van der Waals surface area (Å²) in [4.78, 5) is 10.9. The van der Waals surface area contributed by atoms with Crippen molar-refractivity contribution in [2.24, 2.45) is 0 Å². The Bertz CT molecular complexity index is 1020. The average Bonchev–Trinajstić information content (AvgIpc) is 2.97. The van der Waals surface area contributed by atoms with Crippen LogP contribution < -0.4 is 4.90 Å². The number of hydrogen-bond acceptors (Lipinski definition) is 4. The van der Waals surface area contributed by atoms with Crippen molar-refractivity contribution in [1.82, 2.24) is 19.6 Å². The van der Waals surface area contributed by atoms with Crippen LogP contribution in [0.2, 0.25) is 5.15 Å². The minimum absolute atomic E-state index is 0.441. The summed E-state index contributed by atoms with van der Waals surface area (Å²) in [5.74, 6) is 0.875. The summed E-state index contributed by atoms with van der Waals surface area (Å²) in [5, 5.41) is 5.99. The van der Waals surface area contributed by atoms with Crippen molar-refractivity contribution in [3.8, 4) is 11.1 Å². The molecule has 3 aromatic heterocycles. The number of hydrogen-bond donors (Lipinski definition) is 0. The molecular weight excluding hydrogens is 310 g/mol. The van der Waals surface area contributed by atoms with Gasteiger partial charge in [0, 0.05) is 42.9 Å². The number of pyridine rings is 1. The zero-order chi connectivity index (χ0) is 16.0. The molecule has 0 bridgehead atoms. The zero-order valence-corrected chi connectivity index (χ0v) is 13.5. The second kappa shape index (κ2) is 5.21. The summed E-state index contributed by atoms with van der Waals surface area (Å²) in [6, 6.07) is 11.9. The molecule has 0 aliphatic carbocycles. The first kappa shape index (κ1) is 14.0. The van der Waals surface area contributed by atoms with Gasteiger partial charge >= 0.3 is 0 Å². The lowest BCUT2D eigenvalue weighted by Gasteiger charge is -2.14. The second-order valence-corrected chi connectivity index (χ2v) is 5.93. The molecule has 0 saturated carbocycles. The van der Waals surface area contributed by atoms with E-state index in [1.54, 1.807) is 16.8 Å². The maximum atomic E-state index is 6.18. The molecule has 6 heteroatoms. The molecule has 0 fully saturated rings. The highest BCUT2D eigenvalue weighted by Gasteiger charge is 2.14. The topological polar surface area (TPSA) is 46.3 Å². The number of nitrogens with zero attached hydrogens (tertiary/aromatic N) is 5. The van der Waals surface area contributed by atoms with Crippen molar-refractivity contribution in [2.45, 2.75) is 0 Å². The van der Waals surface area contributed by atoms with E-state index in [-0.39, 0.29) is 0 Å². The van der Waals surface area contributed by atoms with E-state index in [2.05, 4.69) is 21.1 Å². The smallest absolute Gasteiger partial charge is 0.166 e. The first-order valence-electron chi connectivity index (χ1n) is 7.20. The van der Waals surface area contributed by atoms with Gasteiger partial charge in [0.1, 0.15) is 11.0 Å². The maximum absolute atomic E-state index is 6.18. The molecule has 0 amide bonds. The van der Waals surface area contributed by atoms with Gasteiger partial charge in [0.15, 0.2) is 5.65 Å². The van der Waals surface area contributed by atoms with Gasteiger partial charge in [-0.2, -0.15) is 9.61 Å².